The first-order chi connectivity index (χ1) is 18.2. The van der Waals surface area contributed by atoms with Crippen molar-refractivity contribution < 1.29 is 22.7 Å². The minimum Gasteiger partial charge on any atom is -0.478 e. The van der Waals surface area contributed by atoms with Crippen molar-refractivity contribution in [2.24, 2.45) is 0 Å². The zero-order chi connectivity index (χ0) is 26.9. The number of piperazine rings is 1. The molecule has 38 heavy (non-hydrogen) atoms. The van der Waals surface area contributed by atoms with Crippen LogP contribution in [0.3, 0.4) is 0 Å². The van der Waals surface area contributed by atoms with Crippen LogP contribution in [0.4, 0.5) is 15.8 Å². The summed E-state index contributed by atoms with van der Waals surface area (Å²) in [5, 5.41) is 8.48. The molecule has 2 atom stereocenters. The molecule has 1 N–H and O–H groups in total. The zero-order valence-electron chi connectivity index (χ0n) is 21.3. The Bertz CT molecular complexity index is 1390. The highest BCUT2D eigenvalue weighted by Crippen LogP contribution is 2.38. The van der Waals surface area contributed by atoms with Gasteiger partial charge in [-0.1, -0.05) is 36.4 Å². The first-order valence-corrected chi connectivity index (χ1v) is 14.4. The van der Waals surface area contributed by atoms with Crippen LogP contribution < -0.4 is 9.80 Å². The van der Waals surface area contributed by atoms with E-state index in [0.29, 0.717) is 25.1 Å². The average Bonchev–Trinajstić information content (AvgIpc) is 2.92. The summed E-state index contributed by atoms with van der Waals surface area (Å²) in [6.45, 7) is 4.73. The molecule has 0 aliphatic carbocycles. The minimum absolute atomic E-state index is 0.0130. The fraction of sp³-hybridized carbons (Fsp3) is 0.345. The van der Waals surface area contributed by atoms with Crippen molar-refractivity contribution in [3.05, 3.63) is 95.3 Å². The lowest BCUT2D eigenvalue weighted by Gasteiger charge is -2.38. The molecule has 0 saturated carbocycles. The summed E-state index contributed by atoms with van der Waals surface area (Å²) in [5.74, 6) is -1.35. The fourth-order valence-corrected chi connectivity index (χ4v) is 7.61. The molecular formula is C29H32FN3O4S. The lowest BCUT2D eigenvalue weighted by molar-refractivity contribution is 0.0697. The molecule has 200 valence electrons. The summed E-state index contributed by atoms with van der Waals surface area (Å²) in [4.78, 5) is 15.4. The second-order valence-corrected chi connectivity index (χ2v) is 12.1. The van der Waals surface area contributed by atoms with Crippen LogP contribution in [-0.4, -0.2) is 56.0 Å². The fourth-order valence-electron chi connectivity index (χ4n) is 5.42. The predicted molar refractivity (Wildman–Crippen MR) is 147 cm³/mol. The van der Waals surface area contributed by atoms with Crippen LogP contribution in [0.2, 0.25) is 0 Å². The molecule has 0 radical (unpaired) electrons. The van der Waals surface area contributed by atoms with Crippen LogP contribution in [0.5, 0.6) is 0 Å². The Morgan fingerprint density at radius 3 is 2.11 bits per heavy atom. The summed E-state index contributed by atoms with van der Waals surface area (Å²) in [6, 6.07) is 21.0. The molecule has 0 spiro atoms. The second kappa shape index (κ2) is 10.7. The number of aromatic carboxylic acids is 1. The molecule has 0 bridgehead atoms. The lowest BCUT2D eigenvalue weighted by atomic mass is 10.0. The quantitative estimate of drug-likeness (QED) is 0.482. The average molecular weight is 538 g/mol. The largest absolute Gasteiger partial charge is 0.478 e. The molecular weight excluding hydrogens is 505 g/mol. The van der Waals surface area contributed by atoms with E-state index in [1.807, 2.05) is 55.5 Å². The van der Waals surface area contributed by atoms with Gasteiger partial charge in [-0.05, 0) is 61.7 Å². The molecule has 2 unspecified atom stereocenters. The SMILES string of the molecule is CC1CCC(c2ccccc2)S(=O)(=O)N1Cc1ccc(N2CCN(c3ccc(C(=O)O)cc3)CC2)cc1F. The first-order valence-electron chi connectivity index (χ1n) is 12.9. The number of halogens is 1. The predicted octanol–water partition coefficient (Wildman–Crippen LogP) is 4.91. The van der Waals surface area contributed by atoms with Gasteiger partial charge in [0.25, 0.3) is 0 Å². The molecule has 0 amide bonds. The van der Waals surface area contributed by atoms with Crippen molar-refractivity contribution in [2.45, 2.75) is 37.6 Å². The van der Waals surface area contributed by atoms with Gasteiger partial charge < -0.3 is 14.9 Å². The molecule has 5 rings (SSSR count). The van der Waals surface area contributed by atoms with E-state index >= 15 is 4.39 Å². The van der Waals surface area contributed by atoms with Gasteiger partial charge in [0.05, 0.1) is 5.56 Å². The van der Waals surface area contributed by atoms with E-state index in [1.54, 1.807) is 18.2 Å². The van der Waals surface area contributed by atoms with Gasteiger partial charge in [-0.25, -0.2) is 17.6 Å². The summed E-state index contributed by atoms with van der Waals surface area (Å²) < 4.78 is 43.8. The van der Waals surface area contributed by atoms with Crippen molar-refractivity contribution in [2.75, 3.05) is 36.0 Å². The monoisotopic (exact) mass is 537 g/mol. The smallest absolute Gasteiger partial charge is 0.335 e. The first kappa shape index (κ1) is 26.2. The third-order valence-electron chi connectivity index (χ3n) is 7.68. The maximum absolute atomic E-state index is 15.3. The van der Waals surface area contributed by atoms with Gasteiger partial charge in [0, 0.05) is 55.7 Å². The molecule has 2 saturated heterocycles. The van der Waals surface area contributed by atoms with Gasteiger partial charge >= 0.3 is 5.97 Å². The lowest BCUT2D eigenvalue weighted by Crippen LogP contribution is -2.46. The molecule has 3 aromatic carbocycles. The second-order valence-electron chi connectivity index (χ2n) is 10.0. The molecule has 2 heterocycles. The number of hydrogen-bond donors (Lipinski definition) is 1. The third kappa shape index (κ3) is 5.26. The number of benzene rings is 3. The topological polar surface area (TPSA) is 81.2 Å². The summed E-state index contributed by atoms with van der Waals surface area (Å²) in [6.07, 6.45) is 1.28. The zero-order valence-corrected chi connectivity index (χ0v) is 22.1. The van der Waals surface area contributed by atoms with Crippen LogP contribution in [0.1, 0.15) is 46.5 Å². The third-order valence-corrected chi connectivity index (χ3v) is 10.1. The summed E-state index contributed by atoms with van der Waals surface area (Å²) >= 11 is 0. The van der Waals surface area contributed by atoms with Crippen LogP contribution in [0.15, 0.2) is 72.8 Å². The standard InChI is InChI=1S/C29H32FN3O4S/c1-21-7-14-28(22-5-3-2-4-6-22)38(36,37)33(21)20-24-10-13-26(19-27(24)30)32-17-15-31(16-18-32)25-11-8-23(9-12-25)29(34)35/h2-6,8-13,19,21,28H,7,14-18,20H2,1H3,(H,34,35). The number of nitrogens with zero attached hydrogens (tertiary/aromatic N) is 3. The number of carboxylic acids is 1. The minimum atomic E-state index is -3.63. The Balaban J connectivity index is 1.26. The highest BCUT2D eigenvalue weighted by atomic mass is 32.2. The maximum Gasteiger partial charge on any atom is 0.335 e. The number of rotatable bonds is 6. The Kier molecular flexibility index (Phi) is 7.40. The van der Waals surface area contributed by atoms with Crippen LogP contribution in [0.25, 0.3) is 0 Å². The van der Waals surface area contributed by atoms with Crippen LogP contribution in [-0.2, 0) is 16.6 Å². The Labute approximate surface area is 223 Å². The van der Waals surface area contributed by atoms with E-state index in [4.69, 9.17) is 5.11 Å². The Morgan fingerprint density at radius 2 is 1.50 bits per heavy atom. The highest BCUT2D eigenvalue weighted by molar-refractivity contribution is 7.89. The molecule has 3 aromatic rings. The number of hydrogen-bond acceptors (Lipinski definition) is 5. The van der Waals surface area contributed by atoms with Gasteiger partial charge in [-0.15, -0.1) is 0 Å². The molecule has 2 fully saturated rings. The van der Waals surface area contributed by atoms with E-state index in [0.717, 1.165) is 36.4 Å². The summed E-state index contributed by atoms with van der Waals surface area (Å²) in [5.41, 5.74) is 3.13. The molecule has 7 nitrogen and oxygen atoms in total. The van der Waals surface area contributed by atoms with Gasteiger partial charge in [-0.3, -0.25) is 0 Å². The van der Waals surface area contributed by atoms with Gasteiger partial charge in [0.1, 0.15) is 11.1 Å². The van der Waals surface area contributed by atoms with E-state index in [2.05, 4.69) is 9.80 Å². The normalized spacial score (nSPS) is 21.8. The summed E-state index contributed by atoms with van der Waals surface area (Å²) in [7, 11) is -3.63. The Hall–Kier alpha value is -3.43. The maximum atomic E-state index is 15.3. The van der Waals surface area contributed by atoms with E-state index in [9.17, 15) is 13.2 Å². The molecule has 9 heteroatoms. The Morgan fingerprint density at radius 1 is 0.895 bits per heavy atom. The van der Waals surface area contributed by atoms with E-state index in [-0.39, 0.29) is 18.2 Å². The van der Waals surface area contributed by atoms with Crippen molar-refractivity contribution in [1.29, 1.82) is 0 Å². The van der Waals surface area contributed by atoms with E-state index < -0.39 is 27.1 Å². The number of carbonyl (C=O) groups is 1. The van der Waals surface area contributed by atoms with Crippen LogP contribution in [0, 0.1) is 5.82 Å². The highest BCUT2D eigenvalue weighted by Gasteiger charge is 2.40. The van der Waals surface area contributed by atoms with Gasteiger partial charge in [0.15, 0.2) is 0 Å². The van der Waals surface area contributed by atoms with E-state index in [1.165, 1.54) is 10.4 Å². The number of carboxylic acid groups (broad SMARTS) is 1. The van der Waals surface area contributed by atoms with Crippen molar-refractivity contribution in [1.82, 2.24) is 4.31 Å². The van der Waals surface area contributed by atoms with Crippen molar-refractivity contribution in [3.63, 3.8) is 0 Å². The molecule has 0 aromatic heterocycles. The van der Waals surface area contributed by atoms with Gasteiger partial charge in [-0.2, -0.15) is 4.31 Å². The molecule has 2 aliphatic heterocycles. The van der Waals surface area contributed by atoms with Crippen molar-refractivity contribution >= 4 is 27.4 Å². The molecule has 2 aliphatic rings. The number of anilines is 2. The number of sulfonamides is 1. The van der Waals surface area contributed by atoms with Crippen LogP contribution >= 0.6 is 0 Å². The van der Waals surface area contributed by atoms with Crippen molar-refractivity contribution in [3.8, 4) is 0 Å². The van der Waals surface area contributed by atoms with Gasteiger partial charge in [0.2, 0.25) is 10.0 Å².